The summed E-state index contributed by atoms with van der Waals surface area (Å²) in [5.41, 5.74) is 0. The highest BCUT2D eigenvalue weighted by atomic mass is 19.3. The number of nitrogens with zero attached hydrogens (tertiary/aromatic N) is 2. The van der Waals surface area contributed by atoms with Gasteiger partial charge in [0.15, 0.2) is 0 Å². The van der Waals surface area contributed by atoms with Crippen molar-refractivity contribution >= 4 is 5.95 Å². The van der Waals surface area contributed by atoms with E-state index in [0.717, 1.165) is 0 Å². The molecule has 0 saturated carbocycles. The van der Waals surface area contributed by atoms with Crippen molar-refractivity contribution in [3.8, 4) is 0 Å². The highest BCUT2D eigenvalue weighted by molar-refractivity contribution is 5.22. The van der Waals surface area contributed by atoms with E-state index in [1.807, 2.05) is 0 Å². The Balaban J connectivity index is 1.90. The van der Waals surface area contributed by atoms with Gasteiger partial charge in [0.2, 0.25) is 5.95 Å². The molecule has 6 heteroatoms. The third-order valence-electron chi connectivity index (χ3n) is 2.70. The Hall–Kier alpha value is -1.30. The van der Waals surface area contributed by atoms with Crippen molar-refractivity contribution < 1.29 is 8.78 Å². The largest absolute Gasteiger partial charge is 0.354 e. The molecule has 16 heavy (non-hydrogen) atoms. The van der Waals surface area contributed by atoms with Crippen molar-refractivity contribution in [1.29, 1.82) is 0 Å². The van der Waals surface area contributed by atoms with E-state index in [0.29, 0.717) is 18.9 Å². The number of hydrogen-bond donors (Lipinski definition) is 2. The Bertz CT molecular complexity index is 331. The zero-order valence-electron chi connectivity index (χ0n) is 8.79. The Labute approximate surface area is 92.5 Å². The van der Waals surface area contributed by atoms with Crippen LogP contribution >= 0.6 is 0 Å². The minimum atomic E-state index is -2.65. The first-order valence-electron chi connectivity index (χ1n) is 5.28. The normalized spacial score (nSPS) is 24.0. The summed E-state index contributed by atoms with van der Waals surface area (Å²) in [7, 11) is 0. The average molecular weight is 228 g/mol. The first-order chi connectivity index (χ1) is 7.68. The lowest BCUT2D eigenvalue weighted by atomic mass is 9.94. The van der Waals surface area contributed by atoms with Gasteiger partial charge in [-0.25, -0.2) is 18.7 Å². The third-order valence-corrected chi connectivity index (χ3v) is 2.70. The van der Waals surface area contributed by atoms with Crippen molar-refractivity contribution in [3.05, 3.63) is 18.5 Å². The van der Waals surface area contributed by atoms with E-state index < -0.39 is 11.8 Å². The summed E-state index contributed by atoms with van der Waals surface area (Å²) in [6.45, 7) is 0.602. The number of aromatic nitrogens is 2. The standard InChI is InChI=1S/C10H14F2N4/c11-10(12)7-13-5-2-8(10)6-16-9-14-3-1-4-15-9/h1,3-4,8,13H,2,5-7H2,(H,14,15,16)/t8-/m1/s1. The molecule has 1 aliphatic heterocycles. The van der Waals surface area contributed by atoms with E-state index in [4.69, 9.17) is 0 Å². The van der Waals surface area contributed by atoms with Crippen molar-refractivity contribution in [2.75, 3.05) is 25.0 Å². The second kappa shape index (κ2) is 4.69. The second-order valence-electron chi connectivity index (χ2n) is 3.88. The number of halogens is 2. The molecule has 2 heterocycles. The molecule has 2 rings (SSSR count). The van der Waals surface area contributed by atoms with Crippen LogP contribution in [-0.2, 0) is 0 Å². The lowest BCUT2D eigenvalue weighted by molar-refractivity contribution is -0.0678. The van der Waals surface area contributed by atoms with Crippen LogP contribution in [0.4, 0.5) is 14.7 Å². The molecule has 4 nitrogen and oxygen atoms in total. The third kappa shape index (κ3) is 2.63. The number of hydrogen-bond acceptors (Lipinski definition) is 4. The van der Waals surface area contributed by atoms with E-state index in [-0.39, 0.29) is 13.1 Å². The summed E-state index contributed by atoms with van der Waals surface area (Å²) in [6, 6.07) is 1.68. The van der Waals surface area contributed by atoms with Gasteiger partial charge in [-0.3, -0.25) is 0 Å². The predicted octanol–water partition coefficient (Wildman–Crippen LogP) is 1.13. The molecule has 0 bridgehead atoms. The van der Waals surface area contributed by atoms with Crippen LogP contribution in [0, 0.1) is 5.92 Å². The topological polar surface area (TPSA) is 49.8 Å². The van der Waals surface area contributed by atoms with Gasteiger partial charge in [-0.05, 0) is 19.0 Å². The summed E-state index contributed by atoms with van der Waals surface area (Å²) in [4.78, 5) is 7.86. The maximum Gasteiger partial charge on any atom is 0.264 e. The molecule has 0 spiro atoms. The maximum atomic E-state index is 13.4. The van der Waals surface area contributed by atoms with Gasteiger partial charge in [-0.1, -0.05) is 0 Å². The first kappa shape index (κ1) is 11.2. The van der Waals surface area contributed by atoms with Crippen LogP contribution in [0.5, 0.6) is 0 Å². The van der Waals surface area contributed by atoms with E-state index in [9.17, 15) is 8.78 Å². The lowest BCUT2D eigenvalue weighted by Crippen LogP contribution is -2.48. The van der Waals surface area contributed by atoms with Gasteiger partial charge < -0.3 is 10.6 Å². The van der Waals surface area contributed by atoms with Crippen molar-refractivity contribution in [2.24, 2.45) is 5.92 Å². The number of anilines is 1. The van der Waals surface area contributed by atoms with Gasteiger partial charge in [-0.2, -0.15) is 0 Å². The summed E-state index contributed by atoms with van der Waals surface area (Å²) in [5.74, 6) is -2.91. The minimum absolute atomic E-state index is 0.207. The Kier molecular flexibility index (Phi) is 3.28. The van der Waals surface area contributed by atoms with Crippen LogP contribution < -0.4 is 10.6 Å². The zero-order valence-corrected chi connectivity index (χ0v) is 8.79. The van der Waals surface area contributed by atoms with E-state index >= 15 is 0 Å². The van der Waals surface area contributed by atoms with E-state index in [2.05, 4.69) is 20.6 Å². The minimum Gasteiger partial charge on any atom is -0.354 e. The fraction of sp³-hybridized carbons (Fsp3) is 0.600. The average Bonchev–Trinajstić information content (AvgIpc) is 2.28. The smallest absolute Gasteiger partial charge is 0.264 e. The Morgan fingerprint density at radius 1 is 1.44 bits per heavy atom. The number of nitrogens with one attached hydrogen (secondary N) is 2. The molecule has 1 atom stereocenters. The fourth-order valence-corrected chi connectivity index (χ4v) is 1.74. The molecule has 1 aromatic heterocycles. The Morgan fingerprint density at radius 3 is 2.88 bits per heavy atom. The molecule has 88 valence electrons. The van der Waals surface area contributed by atoms with Crippen LogP contribution in [0.15, 0.2) is 18.5 Å². The van der Waals surface area contributed by atoms with Gasteiger partial charge in [0, 0.05) is 24.9 Å². The molecule has 0 unspecified atom stereocenters. The number of piperidine rings is 1. The lowest BCUT2D eigenvalue weighted by Gasteiger charge is -2.31. The summed E-state index contributed by atoms with van der Waals surface area (Å²) in [5, 5.41) is 5.53. The highest BCUT2D eigenvalue weighted by Gasteiger charge is 2.41. The monoisotopic (exact) mass is 228 g/mol. The molecule has 0 amide bonds. The van der Waals surface area contributed by atoms with Gasteiger partial charge in [0.05, 0.1) is 6.54 Å². The van der Waals surface area contributed by atoms with Gasteiger partial charge in [-0.15, -0.1) is 0 Å². The predicted molar refractivity (Wildman–Crippen MR) is 56.4 cm³/mol. The molecule has 1 aliphatic rings. The fourth-order valence-electron chi connectivity index (χ4n) is 1.74. The van der Waals surface area contributed by atoms with Crippen LogP contribution in [0.3, 0.4) is 0 Å². The Morgan fingerprint density at radius 2 is 2.19 bits per heavy atom. The van der Waals surface area contributed by atoms with Crippen LogP contribution in [0.2, 0.25) is 0 Å². The summed E-state index contributed by atoms with van der Waals surface area (Å²) in [6.07, 6.45) is 3.62. The first-order valence-corrected chi connectivity index (χ1v) is 5.28. The number of alkyl halides is 2. The SMILES string of the molecule is FC1(F)CNCC[C@@H]1CNc1ncccn1. The van der Waals surface area contributed by atoms with Gasteiger partial charge >= 0.3 is 0 Å². The molecule has 1 fully saturated rings. The molecular weight excluding hydrogens is 214 g/mol. The molecule has 0 aromatic carbocycles. The number of rotatable bonds is 3. The van der Waals surface area contributed by atoms with E-state index in [1.165, 1.54) is 0 Å². The molecule has 1 saturated heterocycles. The summed E-state index contributed by atoms with van der Waals surface area (Å²) >= 11 is 0. The summed E-state index contributed by atoms with van der Waals surface area (Å²) < 4.78 is 26.9. The molecular formula is C10H14F2N4. The highest BCUT2D eigenvalue weighted by Crippen LogP contribution is 2.29. The van der Waals surface area contributed by atoms with Crippen LogP contribution in [0.1, 0.15) is 6.42 Å². The quantitative estimate of drug-likeness (QED) is 0.814. The van der Waals surface area contributed by atoms with Crippen molar-refractivity contribution in [1.82, 2.24) is 15.3 Å². The molecule has 1 aromatic rings. The van der Waals surface area contributed by atoms with Crippen LogP contribution in [-0.4, -0.2) is 35.5 Å². The van der Waals surface area contributed by atoms with E-state index in [1.54, 1.807) is 18.5 Å². The zero-order chi connectivity index (χ0) is 11.4. The van der Waals surface area contributed by atoms with Crippen LogP contribution in [0.25, 0.3) is 0 Å². The van der Waals surface area contributed by atoms with Gasteiger partial charge in [0.25, 0.3) is 5.92 Å². The maximum absolute atomic E-state index is 13.4. The second-order valence-corrected chi connectivity index (χ2v) is 3.88. The molecule has 0 aliphatic carbocycles. The van der Waals surface area contributed by atoms with Crippen molar-refractivity contribution in [3.63, 3.8) is 0 Å². The molecule has 2 N–H and O–H groups in total. The van der Waals surface area contributed by atoms with Gasteiger partial charge in [0.1, 0.15) is 0 Å². The molecule has 0 radical (unpaired) electrons. The van der Waals surface area contributed by atoms with Crippen molar-refractivity contribution in [2.45, 2.75) is 12.3 Å².